The summed E-state index contributed by atoms with van der Waals surface area (Å²) in [5.41, 5.74) is -0.556. The monoisotopic (exact) mass is 280 g/mol. The number of nitrogens with zero attached hydrogens (tertiary/aromatic N) is 1. The first-order valence-corrected chi connectivity index (χ1v) is 8.06. The normalized spacial score (nSPS) is 27.2. The van der Waals surface area contributed by atoms with Crippen molar-refractivity contribution in [3.63, 3.8) is 0 Å². The van der Waals surface area contributed by atoms with Crippen molar-refractivity contribution in [3.05, 3.63) is 0 Å². The SMILES string of the molecule is CCC(C)N1C(=O)C(CC(C)C)NC(=O)C12CCCC2. The molecule has 0 radical (unpaired) electrons. The highest BCUT2D eigenvalue weighted by molar-refractivity contribution is 6.00. The quantitative estimate of drug-likeness (QED) is 0.860. The Kier molecular flexibility index (Phi) is 4.40. The number of amides is 2. The van der Waals surface area contributed by atoms with Crippen LogP contribution in [0.1, 0.15) is 66.2 Å². The predicted octanol–water partition coefficient (Wildman–Crippen LogP) is 2.47. The Morgan fingerprint density at radius 1 is 1.25 bits per heavy atom. The number of carbonyl (C=O) groups is 2. The molecule has 2 amide bonds. The number of hydrogen-bond donors (Lipinski definition) is 1. The number of nitrogens with one attached hydrogen (secondary N) is 1. The highest BCUT2D eigenvalue weighted by atomic mass is 16.2. The Morgan fingerprint density at radius 3 is 2.35 bits per heavy atom. The van der Waals surface area contributed by atoms with E-state index in [1.807, 2.05) is 4.90 Å². The summed E-state index contributed by atoms with van der Waals surface area (Å²) in [6.45, 7) is 8.34. The van der Waals surface area contributed by atoms with Crippen molar-refractivity contribution in [3.8, 4) is 0 Å². The van der Waals surface area contributed by atoms with Crippen molar-refractivity contribution >= 4 is 11.8 Å². The number of hydrogen-bond acceptors (Lipinski definition) is 2. The average Bonchev–Trinajstić information content (AvgIpc) is 2.86. The molecule has 2 rings (SSSR count). The summed E-state index contributed by atoms with van der Waals surface area (Å²) >= 11 is 0. The molecular formula is C16H28N2O2. The number of carbonyl (C=O) groups excluding carboxylic acids is 2. The first kappa shape index (κ1) is 15.3. The first-order valence-electron chi connectivity index (χ1n) is 8.06. The number of rotatable bonds is 4. The van der Waals surface area contributed by atoms with Gasteiger partial charge in [-0.15, -0.1) is 0 Å². The van der Waals surface area contributed by atoms with E-state index in [-0.39, 0.29) is 23.9 Å². The van der Waals surface area contributed by atoms with Gasteiger partial charge >= 0.3 is 0 Å². The number of piperazine rings is 1. The minimum Gasteiger partial charge on any atom is -0.342 e. The molecule has 0 bridgehead atoms. The molecule has 0 aromatic heterocycles. The fraction of sp³-hybridized carbons (Fsp3) is 0.875. The molecular weight excluding hydrogens is 252 g/mol. The maximum Gasteiger partial charge on any atom is 0.246 e. The predicted molar refractivity (Wildman–Crippen MR) is 79.2 cm³/mol. The molecule has 1 heterocycles. The largest absolute Gasteiger partial charge is 0.342 e. The molecule has 0 aromatic carbocycles. The van der Waals surface area contributed by atoms with Gasteiger partial charge in [-0.3, -0.25) is 9.59 Å². The third-order valence-corrected chi connectivity index (χ3v) is 4.89. The summed E-state index contributed by atoms with van der Waals surface area (Å²) < 4.78 is 0. The second-order valence-electron chi connectivity index (χ2n) is 6.86. The summed E-state index contributed by atoms with van der Waals surface area (Å²) in [5.74, 6) is 0.621. The van der Waals surface area contributed by atoms with Gasteiger partial charge in [-0.1, -0.05) is 33.6 Å². The van der Waals surface area contributed by atoms with E-state index in [2.05, 4.69) is 33.0 Å². The fourth-order valence-electron chi connectivity index (χ4n) is 3.72. The highest BCUT2D eigenvalue weighted by Gasteiger charge is 2.54. The van der Waals surface area contributed by atoms with Gasteiger partial charge in [0.1, 0.15) is 11.6 Å². The molecule has 0 aromatic rings. The first-order chi connectivity index (χ1) is 9.42. The molecule has 114 valence electrons. The summed E-state index contributed by atoms with van der Waals surface area (Å²) in [6.07, 6.45) is 5.36. The van der Waals surface area contributed by atoms with E-state index in [1.54, 1.807) is 0 Å². The van der Waals surface area contributed by atoms with Gasteiger partial charge in [0.15, 0.2) is 0 Å². The van der Waals surface area contributed by atoms with E-state index in [0.29, 0.717) is 5.92 Å². The van der Waals surface area contributed by atoms with E-state index in [4.69, 9.17) is 0 Å². The van der Waals surface area contributed by atoms with Crippen LogP contribution in [-0.4, -0.2) is 34.3 Å². The van der Waals surface area contributed by atoms with Crippen molar-refractivity contribution in [1.82, 2.24) is 10.2 Å². The van der Waals surface area contributed by atoms with E-state index >= 15 is 0 Å². The summed E-state index contributed by atoms with van der Waals surface area (Å²) in [5, 5.41) is 3.01. The average molecular weight is 280 g/mol. The van der Waals surface area contributed by atoms with Crippen LogP contribution in [0.4, 0.5) is 0 Å². The lowest BCUT2D eigenvalue weighted by Gasteiger charge is -2.49. The van der Waals surface area contributed by atoms with Crippen LogP contribution in [0.2, 0.25) is 0 Å². The molecule has 1 spiro atoms. The smallest absolute Gasteiger partial charge is 0.246 e. The van der Waals surface area contributed by atoms with E-state index < -0.39 is 5.54 Å². The Hall–Kier alpha value is -1.06. The van der Waals surface area contributed by atoms with Gasteiger partial charge < -0.3 is 10.2 Å². The lowest BCUT2D eigenvalue weighted by molar-refractivity contribution is -0.161. The third kappa shape index (κ3) is 2.45. The molecule has 2 aliphatic rings. The third-order valence-electron chi connectivity index (χ3n) is 4.89. The van der Waals surface area contributed by atoms with Crippen LogP contribution in [-0.2, 0) is 9.59 Å². The second kappa shape index (κ2) is 5.74. The second-order valence-corrected chi connectivity index (χ2v) is 6.86. The van der Waals surface area contributed by atoms with E-state index in [9.17, 15) is 9.59 Å². The van der Waals surface area contributed by atoms with Crippen LogP contribution in [0.25, 0.3) is 0 Å². The molecule has 1 saturated heterocycles. The van der Waals surface area contributed by atoms with Crippen LogP contribution in [0, 0.1) is 5.92 Å². The minimum absolute atomic E-state index is 0.0838. The highest BCUT2D eigenvalue weighted by Crippen LogP contribution is 2.40. The van der Waals surface area contributed by atoms with E-state index in [1.165, 1.54) is 0 Å². The van der Waals surface area contributed by atoms with E-state index in [0.717, 1.165) is 38.5 Å². The molecule has 20 heavy (non-hydrogen) atoms. The van der Waals surface area contributed by atoms with Crippen molar-refractivity contribution < 1.29 is 9.59 Å². The Labute approximate surface area is 122 Å². The lowest BCUT2D eigenvalue weighted by Crippen LogP contribution is -2.71. The van der Waals surface area contributed by atoms with Crippen LogP contribution in [0.3, 0.4) is 0 Å². The Bertz CT molecular complexity index is 386. The molecule has 1 N–H and O–H groups in total. The minimum atomic E-state index is -0.556. The zero-order valence-corrected chi connectivity index (χ0v) is 13.2. The van der Waals surface area contributed by atoms with Gasteiger partial charge in [0.05, 0.1) is 0 Å². The fourth-order valence-corrected chi connectivity index (χ4v) is 3.72. The van der Waals surface area contributed by atoms with Crippen molar-refractivity contribution in [2.24, 2.45) is 5.92 Å². The topological polar surface area (TPSA) is 49.4 Å². The van der Waals surface area contributed by atoms with Crippen LogP contribution < -0.4 is 5.32 Å². The van der Waals surface area contributed by atoms with Crippen molar-refractivity contribution in [2.45, 2.75) is 83.8 Å². The van der Waals surface area contributed by atoms with Gasteiger partial charge in [-0.25, -0.2) is 0 Å². The van der Waals surface area contributed by atoms with Gasteiger partial charge in [-0.05, 0) is 38.5 Å². The van der Waals surface area contributed by atoms with Crippen molar-refractivity contribution in [2.75, 3.05) is 0 Å². The maximum absolute atomic E-state index is 12.9. The van der Waals surface area contributed by atoms with Gasteiger partial charge in [-0.2, -0.15) is 0 Å². The van der Waals surface area contributed by atoms with Crippen LogP contribution in [0.15, 0.2) is 0 Å². The molecule has 4 nitrogen and oxygen atoms in total. The zero-order valence-electron chi connectivity index (χ0n) is 13.2. The lowest BCUT2D eigenvalue weighted by atomic mass is 9.86. The molecule has 2 unspecified atom stereocenters. The summed E-state index contributed by atoms with van der Waals surface area (Å²) in [6, 6.07) is -0.191. The Balaban J connectivity index is 2.31. The van der Waals surface area contributed by atoms with Gasteiger partial charge in [0.25, 0.3) is 0 Å². The summed E-state index contributed by atoms with van der Waals surface area (Å²) in [4.78, 5) is 27.5. The van der Waals surface area contributed by atoms with Crippen molar-refractivity contribution in [1.29, 1.82) is 0 Å². The van der Waals surface area contributed by atoms with Gasteiger partial charge in [0, 0.05) is 6.04 Å². The Morgan fingerprint density at radius 2 is 1.85 bits per heavy atom. The molecule has 1 saturated carbocycles. The maximum atomic E-state index is 12.9. The van der Waals surface area contributed by atoms with Gasteiger partial charge in [0.2, 0.25) is 11.8 Å². The molecule has 1 aliphatic heterocycles. The zero-order chi connectivity index (χ0) is 14.9. The van der Waals surface area contributed by atoms with Crippen LogP contribution >= 0.6 is 0 Å². The summed E-state index contributed by atoms with van der Waals surface area (Å²) in [7, 11) is 0. The molecule has 2 fully saturated rings. The standard InChI is InChI=1S/C16H28N2O2/c1-5-12(4)18-14(19)13(10-11(2)3)17-15(20)16(18)8-6-7-9-16/h11-13H,5-10H2,1-4H3,(H,17,20). The molecule has 2 atom stereocenters. The molecule has 1 aliphatic carbocycles. The van der Waals surface area contributed by atoms with Crippen LogP contribution in [0.5, 0.6) is 0 Å². The molecule has 4 heteroatoms.